The summed E-state index contributed by atoms with van der Waals surface area (Å²) in [5.41, 5.74) is 2.68. The molecule has 1 aromatic rings. The molecule has 2 rings (SSSR count). The molecule has 1 unspecified atom stereocenters. The molecule has 0 amide bonds. The average Bonchev–Trinajstić information content (AvgIpc) is 2.47. The van der Waals surface area contributed by atoms with E-state index in [9.17, 15) is 0 Å². The fourth-order valence-electron chi connectivity index (χ4n) is 2.56. The number of rotatable bonds is 5. The SMILES string of the molecule is COc1cc2c(cc1OC)C(C(CBr)CBr)NCC2. The summed E-state index contributed by atoms with van der Waals surface area (Å²) in [6, 6.07) is 4.58. The van der Waals surface area contributed by atoms with Crippen molar-refractivity contribution in [3.05, 3.63) is 23.3 Å². The smallest absolute Gasteiger partial charge is 0.161 e. The van der Waals surface area contributed by atoms with Crippen LogP contribution in [0.2, 0.25) is 0 Å². The van der Waals surface area contributed by atoms with Gasteiger partial charge >= 0.3 is 0 Å². The molecule has 106 valence electrons. The highest BCUT2D eigenvalue weighted by molar-refractivity contribution is 9.09. The molecular weight excluding hydrogens is 374 g/mol. The monoisotopic (exact) mass is 391 g/mol. The first-order valence-electron chi connectivity index (χ1n) is 6.35. The Hall–Kier alpha value is -0.260. The summed E-state index contributed by atoms with van der Waals surface area (Å²) in [6.07, 6.45) is 1.03. The molecular formula is C14H19Br2NO2. The van der Waals surface area contributed by atoms with Crippen molar-refractivity contribution in [1.82, 2.24) is 5.32 Å². The molecule has 0 spiro atoms. The van der Waals surface area contributed by atoms with Gasteiger partial charge in [-0.15, -0.1) is 0 Å². The maximum absolute atomic E-state index is 5.42. The topological polar surface area (TPSA) is 30.5 Å². The zero-order valence-electron chi connectivity index (χ0n) is 11.2. The standard InChI is InChI=1S/C14H19Br2NO2/c1-18-12-5-9-3-4-17-14(10(7-15)8-16)11(9)6-13(12)19-2/h5-6,10,14,17H,3-4,7-8H2,1-2H3. The maximum atomic E-state index is 5.42. The van der Waals surface area contributed by atoms with Gasteiger partial charge in [0.25, 0.3) is 0 Å². The molecule has 0 aromatic heterocycles. The first kappa shape index (κ1) is 15.1. The molecule has 3 nitrogen and oxygen atoms in total. The van der Waals surface area contributed by atoms with E-state index < -0.39 is 0 Å². The summed E-state index contributed by atoms with van der Waals surface area (Å²) in [5, 5.41) is 5.53. The highest BCUT2D eigenvalue weighted by Gasteiger charge is 2.28. The lowest BCUT2D eigenvalue weighted by molar-refractivity contribution is 0.349. The number of halogens is 2. The van der Waals surface area contributed by atoms with E-state index in [1.807, 2.05) is 0 Å². The van der Waals surface area contributed by atoms with Crippen molar-refractivity contribution in [3.63, 3.8) is 0 Å². The van der Waals surface area contributed by atoms with E-state index >= 15 is 0 Å². The minimum atomic E-state index is 0.349. The number of nitrogens with one attached hydrogen (secondary N) is 1. The van der Waals surface area contributed by atoms with Crippen LogP contribution in [0.3, 0.4) is 0 Å². The van der Waals surface area contributed by atoms with E-state index in [2.05, 4.69) is 49.3 Å². The molecule has 1 aromatic carbocycles. The molecule has 1 aliphatic heterocycles. The fourth-order valence-corrected chi connectivity index (χ4v) is 4.38. The van der Waals surface area contributed by atoms with Gasteiger partial charge in [-0.3, -0.25) is 0 Å². The van der Waals surface area contributed by atoms with Crippen LogP contribution in [0.15, 0.2) is 12.1 Å². The van der Waals surface area contributed by atoms with E-state index in [-0.39, 0.29) is 0 Å². The Bertz CT molecular complexity index is 436. The van der Waals surface area contributed by atoms with Gasteiger partial charge in [-0.1, -0.05) is 31.9 Å². The summed E-state index contributed by atoms with van der Waals surface area (Å²) in [5.74, 6) is 2.13. The molecule has 0 aliphatic carbocycles. The van der Waals surface area contributed by atoms with Crippen LogP contribution < -0.4 is 14.8 Å². The predicted octanol–water partition coefficient (Wildman–Crippen LogP) is 3.30. The quantitative estimate of drug-likeness (QED) is 0.780. The van der Waals surface area contributed by atoms with Crippen LogP contribution in [0.4, 0.5) is 0 Å². The lowest BCUT2D eigenvalue weighted by Gasteiger charge is -2.32. The van der Waals surface area contributed by atoms with E-state index in [1.165, 1.54) is 11.1 Å². The van der Waals surface area contributed by atoms with Crippen molar-refractivity contribution in [3.8, 4) is 11.5 Å². The van der Waals surface area contributed by atoms with Crippen LogP contribution in [-0.4, -0.2) is 31.4 Å². The minimum absolute atomic E-state index is 0.349. The summed E-state index contributed by atoms with van der Waals surface area (Å²) in [6.45, 7) is 1.00. The van der Waals surface area contributed by atoms with Gasteiger partial charge < -0.3 is 14.8 Å². The van der Waals surface area contributed by atoms with Crippen LogP contribution in [0, 0.1) is 5.92 Å². The zero-order valence-corrected chi connectivity index (χ0v) is 14.4. The number of alkyl halides is 2. The van der Waals surface area contributed by atoms with Crippen molar-refractivity contribution in [2.24, 2.45) is 5.92 Å². The Morgan fingerprint density at radius 3 is 2.42 bits per heavy atom. The van der Waals surface area contributed by atoms with Gasteiger partial charge in [-0.05, 0) is 42.1 Å². The first-order chi connectivity index (χ1) is 9.24. The number of benzene rings is 1. The second-order valence-corrected chi connectivity index (χ2v) is 5.95. The van der Waals surface area contributed by atoms with Crippen molar-refractivity contribution in [2.45, 2.75) is 12.5 Å². The van der Waals surface area contributed by atoms with E-state index in [0.29, 0.717) is 12.0 Å². The number of methoxy groups -OCH3 is 2. The second-order valence-electron chi connectivity index (χ2n) is 4.66. The van der Waals surface area contributed by atoms with Gasteiger partial charge in [0.05, 0.1) is 14.2 Å². The Morgan fingerprint density at radius 2 is 1.84 bits per heavy atom. The normalized spacial score (nSPS) is 18.3. The summed E-state index contributed by atoms with van der Waals surface area (Å²) >= 11 is 7.20. The Morgan fingerprint density at radius 1 is 1.21 bits per heavy atom. The molecule has 1 atom stereocenters. The molecule has 0 radical (unpaired) electrons. The Kier molecular flexibility index (Phi) is 5.54. The summed E-state index contributed by atoms with van der Waals surface area (Å²) in [4.78, 5) is 0. The highest BCUT2D eigenvalue weighted by Crippen LogP contribution is 2.38. The summed E-state index contributed by atoms with van der Waals surface area (Å²) in [7, 11) is 3.37. The molecule has 0 bridgehead atoms. The van der Waals surface area contributed by atoms with Crippen molar-refractivity contribution in [1.29, 1.82) is 0 Å². The Labute approximate surface area is 131 Å². The van der Waals surface area contributed by atoms with E-state index in [0.717, 1.165) is 35.1 Å². The molecule has 19 heavy (non-hydrogen) atoms. The largest absolute Gasteiger partial charge is 0.493 e. The lowest BCUT2D eigenvalue weighted by atomic mass is 9.87. The van der Waals surface area contributed by atoms with Crippen molar-refractivity contribution >= 4 is 31.9 Å². The van der Waals surface area contributed by atoms with Gasteiger partial charge in [-0.25, -0.2) is 0 Å². The van der Waals surface area contributed by atoms with Crippen LogP contribution in [0.5, 0.6) is 11.5 Å². The van der Waals surface area contributed by atoms with Gasteiger partial charge in [0.15, 0.2) is 11.5 Å². The number of ether oxygens (including phenoxy) is 2. The zero-order chi connectivity index (χ0) is 13.8. The van der Waals surface area contributed by atoms with Crippen LogP contribution in [-0.2, 0) is 6.42 Å². The average molecular weight is 393 g/mol. The molecule has 0 saturated heterocycles. The molecule has 1 aliphatic rings. The fraction of sp³-hybridized carbons (Fsp3) is 0.571. The summed E-state index contributed by atoms with van der Waals surface area (Å²) < 4.78 is 10.8. The highest BCUT2D eigenvalue weighted by atomic mass is 79.9. The van der Waals surface area contributed by atoms with Gasteiger partial charge in [0.1, 0.15) is 0 Å². The second kappa shape index (κ2) is 6.95. The molecule has 5 heteroatoms. The van der Waals surface area contributed by atoms with Gasteiger partial charge in [0.2, 0.25) is 0 Å². The number of fused-ring (bicyclic) bond motifs is 1. The van der Waals surface area contributed by atoms with Crippen molar-refractivity contribution < 1.29 is 9.47 Å². The number of hydrogen-bond acceptors (Lipinski definition) is 3. The first-order valence-corrected chi connectivity index (χ1v) is 8.59. The number of hydrogen-bond donors (Lipinski definition) is 1. The predicted molar refractivity (Wildman–Crippen MR) is 85.1 cm³/mol. The lowest BCUT2D eigenvalue weighted by Crippen LogP contribution is -2.36. The molecule has 0 fully saturated rings. The molecule has 1 heterocycles. The minimum Gasteiger partial charge on any atom is -0.493 e. The van der Waals surface area contributed by atoms with Gasteiger partial charge in [0, 0.05) is 16.7 Å². The third kappa shape index (κ3) is 3.09. The van der Waals surface area contributed by atoms with Crippen LogP contribution in [0.25, 0.3) is 0 Å². The van der Waals surface area contributed by atoms with Gasteiger partial charge in [-0.2, -0.15) is 0 Å². The van der Waals surface area contributed by atoms with E-state index in [4.69, 9.17) is 9.47 Å². The molecule has 0 saturated carbocycles. The van der Waals surface area contributed by atoms with Crippen LogP contribution >= 0.6 is 31.9 Å². The van der Waals surface area contributed by atoms with Crippen molar-refractivity contribution in [2.75, 3.05) is 31.4 Å². The van der Waals surface area contributed by atoms with Crippen LogP contribution in [0.1, 0.15) is 17.2 Å². The third-order valence-corrected chi connectivity index (χ3v) is 5.27. The maximum Gasteiger partial charge on any atom is 0.161 e. The Balaban J connectivity index is 2.42. The molecule has 1 N–H and O–H groups in total. The van der Waals surface area contributed by atoms with E-state index in [1.54, 1.807) is 14.2 Å². The third-order valence-electron chi connectivity index (χ3n) is 3.61.